The molecule has 20 heavy (non-hydrogen) atoms. The fraction of sp³-hybridized carbons (Fsp3) is 0.231. The van der Waals surface area contributed by atoms with Gasteiger partial charge in [0.15, 0.2) is 0 Å². The molecule has 1 heterocycles. The number of hydrogen-bond acceptors (Lipinski definition) is 2. The number of carbonyl (C=O) groups excluding carboxylic acids is 1. The molecule has 0 aliphatic rings. The van der Waals surface area contributed by atoms with E-state index >= 15 is 0 Å². The normalized spacial score (nSPS) is 12.6. The van der Waals surface area contributed by atoms with E-state index in [2.05, 4.69) is 0 Å². The molecule has 0 bridgehead atoms. The van der Waals surface area contributed by atoms with Crippen LogP contribution in [0.2, 0.25) is 5.02 Å². The number of nitrogens with two attached hydrogens (primary N) is 1. The van der Waals surface area contributed by atoms with Gasteiger partial charge in [0.1, 0.15) is 12.1 Å². The average Bonchev–Trinajstić information content (AvgIpc) is 2.78. The van der Waals surface area contributed by atoms with Crippen molar-refractivity contribution in [3.63, 3.8) is 0 Å². The average molecular weight is 298 g/mol. The van der Waals surface area contributed by atoms with Gasteiger partial charge in [-0.2, -0.15) is 5.26 Å². The van der Waals surface area contributed by atoms with Crippen LogP contribution in [0.5, 0.6) is 0 Å². The molecule has 104 valence electrons. The number of rotatable bonds is 3. The number of nitrogens with zero attached hydrogens (tertiary/aromatic N) is 2. The molecule has 0 aliphatic carbocycles. The van der Waals surface area contributed by atoms with Crippen molar-refractivity contribution in [1.82, 2.24) is 4.57 Å². The summed E-state index contributed by atoms with van der Waals surface area (Å²) in [5.41, 5.74) is 5.36. The molecule has 7 heteroatoms. The molecular formula is C13H10ClF2N3O. The van der Waals surface area contributed by atoms with Gasteiger partial charge in [-0.15, -0.1) is 0 Å². The summed E-state index contributed by atoms with van der Waals surface area (Å²) in [6.45, 7) is 1.43. The molecule has 2 N–H and O–H groups in total. The third-order valence-electron chi connectivity index (χ3n) is 3.13. The largest absolute Gasteiger partial charge is 0.368 e. The zero-order valence-corrected chi connectivity index (χ0v) is 11.2. The highest BCUT2D eigenvalue weighted by Gasteiger charge is 2.24. The SMILES string of the molecule is CC(C(N)=O)n1c(C(F)F)cc2c(Cl)c(C#N)ccc21. The van der Waals surface area contributed by atoms with E-state index in [1.54, 1.807) is 0 Å². The van der Waals surface area contributed by atoms with Crippen molar-refractivity contribution in [2.24, 2.45) is 5.73 Å². The molecule has 2 aromatic rings. The molecule has 0 aliphatic heterocycles. The highest BCUT2D eigenvalue weighted by molar-refractivity contribution is 6.36. The lowest BCUT2D eigenvalue weighted by molar-refractivity contribution is -0.120. The second kappa shape index (κ2) is 5.10. The smallest absolute Gasteiger partial charge is 0.278 e. The van der Waals surface area contributed by atoms with Crippen LogP contribution in [0.15, 0.2) is 18.2 Å². The first-order valence-electron chi connectivity index (χ1n) is 5.69. The first kappa shape index (κ1) is 14.3. The third kappa shape index (κ3) is 2.10. The zero-order chi connectivity index (χ0) is 15.0. The summed E-state index contributed by atoms with van der Waals surface area (Å²) in [7, 11) is 0. The predicted molar refractivity (Wildman–Crippen MR) is 70.5 cm³/mol. The van der Waals surface area contributed by atoms with Crippen LogP contribution < -0.4 is 5.73 Å². The fourth-order valence-electron chi connectivity index (χ4n) is 2.10. The van der Waals surface area contributed by atoms with Crippen LogP contribution in [0.4, 0.5) is 8.78 Å². The second-order valence-corrected chi connectivity index (χ2v) is 4.67. The third-order valence-corrected chi connectivity index (χ3v) is 3.54. The zero-order valence-electron chi connectivity index (χ0n) is 10.4. The first-order valence-corrected chi connectivity index (χ1v) is 6.07. The number of aromatic nitrogens is 1. The van der Waals surface area contributed by atoms with Crippen LogP contribution in [0.1, 0.15) is 30.6 Å². The Kier molecular flexibility index (Phi) is 3.64. The van der Waals surface area contributed by atoms with Crippen LogP contribution in [-0.2, 0) is 4.79 Å². The number of amides is 1. The van der Waals surface area contributed by atoms with Gasteiger partial charge in [0.2, 0.25) is 5.91 Å². The number of benzene rings is 1. The van der Waals surface area contributed by atoms with Gasteiger partial charge in [-0.1, -0.05) is 11.6 Å². The Bertz CT molecular complexity index is 733. The van der Waals surface area contributed by atoms with Gasteiger partial charge < -0.3 is 10.3 Å². The number of primary amides is 1. The highest BCUT2D eigenvalue weighted by Crippen LogP contribution is 2.35. The maximum Gasteiger partial charge on any atom is 0.278 e. The van der Waals surface area contributed by atoms with E-state index in [1.807, 2.05) is 6.07 Å². The van der Waals surface area contributed by atoms with Crippen LogP contribution in [0.3, 0.4) is 0 Å². The molecule has 0 spiro atoms. The summed E-state index contributed by atoms with van der Waals surface area (Å²) in [4.78, 5) is 11.3. The minimum absolute atomic E-state index is 0.0855. The van der Waals surface area contributed by atoms with Crippen molar-refractivity contribution in [1.29, 1.82) is 5.26 Å². The quantitative estimate of drug-likeness (QED) is 0.945. The van der Waals surface area contributed by atoms with E-state index in [1.165, 1.54) is 25.1 Å². The van der Waals surface area contributed by atoms with Gasteiger partial charge >= 0.3 is 0 Å². The lowest BCUT2D eigenvalue weighted by Gasteiger charge is -2.15. The van der Waals surface area contributed by atoms with E-state index in [-0.39, 0.29) is 16.3 Å². The molecule has 2 rings (SSSR count). The van der Waals surface area contributed by atoms with Crippen molar-refractivity contribution in [3.05, 3.63) is 34.5 Å². The molecule has 1 aromatic carbocycles. The molecule has 0 saturated carbocycles. The Hall–Kier alpha value is -2.13. The Morgan fingerprint density at radius 1 is 1.50 bits per heavy atom. The highest BCUT2D eigenvalue weighted by atomic mass is 35.5. The lowest BCUT2D eigenvalue weighted by Crippen LogP contribution is -2.25. The Morgan fingerprint density at radius 3 is 2.65 bits per heavy atom. The van der Waals surface area contributed by atoms with Crippen molar-refractivity contribution in [2.45, 2.75) is 19.4 Å². The summed E-state index contributed by atoms with van der Waals surface area (Å²) < 4.78 is 27.4. The van der Waals surface area contributed by atoms with Crippen molar-refractivity contribution < 1.29 is 13.6 Å². The minimum Gasteiger partial charge on any atom is -0.368 e. The molecule has 1 atom stereocenters. The van der Waals surface area contributed by atoms with Gasteiger partial charge in [-0.05, 0) is 25.1 Å². The van der Waals surface area contributed by atoms with E-state index in [4.69, 9.17) is 22.6 Å². The van der Waals surface area contributed by atoms with Crippen molar-refractivity contribution in [3.8, 4) is 6.07 Å². The van der Waals surface area contributed by atoms with Crippen LogP contribution >= 0.6 is 11.6 Å². The van der Waals surface area contributed by atoms with E-state index in [9.17, 15) is 13.6 Å². The number of fused-ring (bicyclic) bond motifs is 1. The van der Waals surface area contributed by atoms with Crippen molar-refractivity contribution in [2.75, 3.05) is 0 Å². The fourth-order valence-corrected chi connectivity index (χ4v) is 2.36. The van der Waals surface area contributed by atoms with E-state index < -0.39 is 18.4 Å². The minimum atomic E-state index is -2.79. The standard InChI is InChI=1S/C13H10ClF2N3O/c1-6(13(18)20)19-9-3-2-7(5-17)11(14)8(9)4-10(19)12(15)16/h2-4,6,12H,1H3,(H2,18,20). The monoisotopic (exact) mass is 297 g/mol. The predicted octanol–water partition coefficient (Wildman–Crippen LogP) is 3.15. The molecule has 0 saturated heterocycles. The number of nitriles is 1. The number of halogens is 3. The topological polar surface area (TPSA) is 71.8 Å². The molecule has 0 radical (unpaired) electrons. The summed E-state index contributed by atoms with van der Waals surface area (Å²) in [6, 6.07) is 5.01. The number of alkyl halides is 2. The van der Waals surface area contributed by atoms with Gasteiger partial charge in [-0.3, -0.25) is 4.79 Å². The lowest BCUT2D eigenvalue weighted by atomic mass is 10.1. The summed E-state index contributed by atoms with van der Waals surface area (Å²) in [6.07, 6.45) is -2.79. The van der Waals surface area contributed by atoms with Crippen molar-refractivity contribution >= 4 is 28.4 Å². The number of hydrogen-bond donors (Lipinski definition) is 1. The summed E-state index contributed by atoms with van der Waals surface area (Å²) >= 11 is 6.02. The van der Waals surface area contributed by atoms with Crippen LogP contribution in [0, 0.1) is 11.3 Å². The maximum atomic E-state index is 13.1. The maximum absolute atomic E-state index is 13.1. The first-order chi connectivity index (χ1) is 9.38. The van der Waals surface area contributed by atoms with Gasteiger partial charge in [0, 0.05) is 5.39 Å². The van der Waals surface area contributed by atoms with E-state index in [0.29, 0.717) is 10.9 Å². The molecule has 1 unspecified atom stereocenters. The van der Waals surface area contributed by atoms with Crippen LogP contribution in [-0.4, -0.2) is 10.5 Å². The Morgan fingerprint density at radius 2 is 2.15 bits per heavy atom. The van der Waals surface area contributed by atoms with Gasteiger partial charge in [0.25, 0.3) is 6.43 Å². The summed E-state index contributed by atoms with van der Waals surface area (Å²) in [5.74, 6) is -0.732. The molecule has 1 amide bonds. The Balaban J connectivity index is 2.84. The summed E-state index contributed by atoms with van der Waals surface area (Å²) in [5, 5.41) is 9.28. The molecule has 4 nitrogen and oxygen atoms in total. The molecular weight excluding hydrogens is 288 g/mol. The van der Waals surface area contributed by atoms with Gasteiger partial charge in [-0.25, -0.2) is 8.78 Å². The number of carbonyl (C=O) groups is 1. The van der Waals surface area contributed by atoms with Gasteiger partial charge in [0.05, 0.1) is 21.8 Å². The molecule has 0 fully saturated rings. The van der Waals surface area contributed by atoms with Crippen LogP contribution in [0.25, 0.3) is 10.9 Å². The second-order valence-electron chi connectivity index (χ2n) is 4.29. The molecule has 1 aromatic heterocycles. The Labute approximate surface area is 118 Å². The van der Waals surface area contributed by atoms with E-state index in [0.717, 1.165) is 4.57 Å².